The van der Waals surface area contributed by atoms with Gasteiger partial charge in [-0.25, -0.2) is 8.42 Å². The number of nitrogens with one attached hydrogen (secondary N) is 1. The van der Waals surface area contributed by atoms with E-state index in [2.05, 4.69) is 9.62 Å². The van der Waals surface area contributed by atoms with E-state index in [9.17, 15) is 18.0 Å². The van der Waals surface area contributed by atoms with Gasteiger partial charge in [-0.2, -0.15) is 4.72 Å². The summed E-state index contributed by atoms with van der Waals surface area (Å²) in [6.07, 6.45) is 4.41. The average molecular weight is 531 g/mol. The fourth-order valence-corrected chi connectivity index (χ4v) is 6.78. The van der Waals surface area contributed by atoms with Crippen LogP contribution < -0.4 is 4.72 Å². The highest BCUT2D eigenvalue weighted by Gasteiger charge is 2.35. The number of hydrogen-bond acceptors (Lipinski definition) is 7. The van der Waals surface area contributed by atoms with Crippen LogP contribution in [0.3, 0.4) is 0 Å². The highest BCUT2D eigenvalue weighted by Crippen LogP contribution is 2.23. The molecule has 2 amide bonds. The number of hydrogen-bond donors (Lipinski definition) is 1. The molecule has 0 aromatic carbocycles. The SMILES string of the molecule is O=C1[C@@H](NS(=O)(=O)C=Cc2ccc(Cl)s2)CCCN1CC(=O)N1CCC[C@H]1CN1CCOCC1. The summed E-state index contributed by atoms with van der Waals surface area (Å²) in [7, 11) is -3.82. The van der Waals surface area contributed by atoms with E-state index in [1.54, 1.807) is 12.1 Å². The minimum Gasteiger partial charge on any atom is -0.379 e. The Bertz CT molecular complexity index is 1010. The molecule has 0 spiro atoms. The van der Waals surface area contributed by atoms with E-state index < -0.39 is 16.1 Å². The summed E-state index contributed by atoms with van der Waals surface area (Å²) in [5, 5.41) is 1.05. The van der Waals surface area contributed by atoms with Gasteiger partial charge in [0.15, 0.2) is 0 Å². The Balaban J connectivity index is 1.32. The molecule has 12 heteroatoms. The summed E-state index contributed by atoms with van der Waals surface area (Å²) in [6, 6.07) is 2.70. The fraction of sp³-hybridized carbons (Fsp3) is 0.636. The van der Waals surface area contributed by atoms with Crippen LogP contribution in [0.1, 0.15) is 30.6 Å². The molecule has 4 rings (SSSR count). The number of rotatable bonds is 8. The second kappa shape index (κ2) is 11.5. The largest absolute Gasteiger partial charge is 0.379 e. The van der Waals surface area contributed by atoms with Crippen LogP contribution in [-0.4, -0.2) is 99.5 Å². The summed E-state index contributed by atoms with van der Waals surface area (Å²) in [6.45, 7) is 5.15. The van der Waals surface area contributed by atoms with E-state index in [4.69, 9.17) is 16.3 Å². The van der Waals surface area contributed by atoms with Gasteiger partial charge in [0.25, 0.3) is 0 Å². The van der Waals surface area contributed by atoms with Gasteiger partial charge in [-0.15, -0.1) is 11.3 Å². The number of piperidine rings is 1. The summed E-state index contributed by atoms with van der Waals surface area (Å²) in [5.74, 6) is -0.415. The average Bonchev–Trinajstić information content (AvgIpc) is 3.44. The molecule has 2 atom stereocenters. The van der Waals surface area contributed by atoms with E-state index >= 15 is 0 Å². The molecule has 1 aromatic rings. The van der Waals surface area contributed by atoms with Crippen molar-refractivity contribution in [1.29, 1.82) is 0 Å². The fourth-order valence-electron chi connectivity index (χ4n) is 4.71. The Labute approximate surface area is 209 Å². The molecule has 0 aliphatic carbocycles. The predicted octanol–water partition coefficient (Wildman–Crippen LogP) is 1.61. The number of thiophene rings is 1. The van der Waals surface area contributed by atoms with Crippen molar-refractivity contribution in [3.8, 4) is 0 Å². The van der Waals surface area contributed by atoms with E-state index in [0.717, 1.165) is 51.1 Å². The van der Waals surface area contributed by atoms with Gasteiger partial charge in [-0.05, 0) is 43.9 Å². The first-order valence-electron chi connectivity index (χ1n) is 11.6. The zero-order valence-corrected chi connectivity index (χ0v) is 21.4. The van der Waals surface area contributed by atoms with Crippen molar-refractivity contribution in [3.05, 3.63) is 26.8 Å². The van der Waals surface area contributed by atoms with Crippen molar-refractivity contribution < 1.29 is 22.7 Å². The second-order valence-corrected chi connectivity index (χ2v) is 12.2. The second-order valence-electron chi connectivity index (χ2n) is 8.86. The van der Waals surface area contributed by atoms with Gasteiger partial charge in [0.05, 0.1) is 24.1 Å². The van der Waals surface area contributed by atoms with Gasteiger partial charge in [-0.3, -0.25) is 14.5 Å². The molecule has 3 aliphatic rings. The van der Waals surface area contributed by atoms with Crippen LogP contribution in [0.5, 0.6) is 0 Å². The minimum absolute atomic E-state index is 0.0137. The van der Waals surface area contributed by atoms with E-state index in [-0.39, 0.29) is 24.4 Å². The summed E-state index contributed by atoms with van der Waals surface area (Å²) in [5.41, 5.74) is 0. The lowest BCUT2D eigenvalue weighted by Gasteiger charge is -2.35. The number of nitrogens with zero attached hydrogens (tertiary/aromatic N) is 3. The first-order chi connectivity index (χ1) is 16.3. The lowest BCUT2D eigenvalue weighted by molar-refractivity contribution is -0.143. The third-order valence-corrected chi connectivity index (χ3v) is 8.74. The standard InChI is InChI=1S/C22H31ClN4O5S2/c23-20-6-5-18(33-20)7-14-34(30,31)24-19-4-2-8-26(22(19)29)16-21(28)27-9-1-3-17(27)15-25-10-12-32-13-11-25/h5-7,14,17,19,24H,1-4,8-13,15-16H2/t17-,19-/m0/s1. The Morgan fingerprint density at radius 2 is 1.94 bits per heavy atom. The topological polar surface area (TPSA) is 99.3 Å². The minimum atomic E-state index is -3.82. The summed E-state index contributed by atoms with van der Waals surface area (Å²) < 4.78 is 33.5. The number of carbonyl (C=O) groups is 2. The molecule has 0 radical (unpaired) electrons. The maximum absolute atomic E-state index is 13.1. The van der Waals surface area contributed by atoms with Gasteiger partial charge in [-0.1, -0.05) is 11.6 Å². The maximum atomic E-state index is 13.1. The molecule has 0 bridgehead atoms. The molecular weight excluding hydrogens is 500 g/mol. The molecule has 3 aliphatic heterocycles. The van der Waals surface area contributed by atoms with Crippen LogP contribution in [-0.2, 0) is 24.3 Å². The van der Waals surface area contributed by atoms with Crippen molar-refractivity contribution in [3.63, 3.8) is 0 Å². The number of ether oxygens (including phenoxy) is 1. The van der Waals surface area contributed by atoms with Gasteiger partial charge < -0.3 is 14.5 Å². The highest BCUT2D eigenvalue weighted by molar-refractivity contribution is 7.92. The molecule has 9 nitrogen and oxygen atoms in total. The van der Waals surface area contributed by atoms with Crippen LogP contribution in [0.4, 0.5) is 0 Å². The number of sulfonamides is 1. The van der Waals surface area contributed by atoms with E-state index in [0.29, 0.717) is 35.1 Å². The molecule has 4 heterocycles. The Kier molecular flexibility index (Phi) is 8.65. The highest BCUT2D eigenvalue weighted by atomic mass is 35.5. The first kappa shape index (κ1) is 25.6. The lowest BCUT2D eigenvalue weighted by Crippen LogP contribution is -2.55. The predicted molar refractivity (Wildman–Crippen MR) is 132 cm³/mol. The number of amides is 2. The van der Waals surface area contributed by atoms with E-state index in [1.165, 1.54) is 22.3 Å². The maximum Gasteiger partial charge on any atom is 0.242 e. The third-order valence-electron chi connectivity index (χ3n) is 6.44. The number of likely N-dealkylation sites (tertiary alicyclic amines) is 2. The van der Waals surface area contributed by atoms with Gasteiger partial charge in [0, 0.05) is 49.1 Å². The molecule has 1 N–H and O–H groups in total. The third kappa shape index (κ3) is 6.79. The van der Waals surface area contributed by atoms with Crippen molar-refractivity contribution in [2.24, 2.45) is 0 Å². The molecule has 3 fully saturated rings. The van der Waals surface area contributed by atoms with Gasteiger partial charge in [0.1, 0.15) is 6.04 Å². The zero-order valence-electron chi connectivity index (χ0n) is 19.0. The van der Waals surface area contributed by atoms with Crippen molar-refractivity contribution in [2.75, 3.05) is 52.5 Å². The Morgan fingerprint density at radius 3 is 2.68 bits per heavy atom. The van der Waals surface area contributed by atoms with Crippen LogP contribution in [0.2, 0.25) is 4.34 Å². The molecule has 34 heavy (non-hydrogen) atoms. The summed E-state index contributed by atoms with van der Waals surface area (Å²) >= 11 is 7.14. The Morgan fingerprint density at radius 1 is 1.18 bits per heavy atom. The number of carbonyl (C=O) groups excluding carboxylic acids is 2. The quantitative estimate of drug-likeness (QED) is 0.548. The smallest absolute Gasteiger partial charge is 0.242 e. The molecule has 1 aromatic heterocycles. The number of morpholine rings is 1. The van der Waals surface area contributed by atoms with Crippen molar-refractivity contribution >= 4 is 50.9 Å². The van der Waals surface area contributed by atoms with Crippen LogP contribution >= 0.6 is 22.9 Å². The van der Waals surface area contributed by atoms with Crippen LogP contribution in [0, 0.1) is 0 Å². The zero-order chi connectivity index (χ0) is 24.1. The first-order valence-corrected chi connectivity index (χ1v) is 14.4. The van der Waals surface area contributed by atoms with Crippen molar-refractivity contribution in [1.82, 2.24) is 19.4 Å². The summed E-state index contributed by atoms with van der Waals surface area (Å²) in [4.78, 5) is 32.5. The van der Waals surface area contributed by atoms with Gasteiger partial charge >= 0.3 is 0 Å². The van der Waals surface area contributed by atoms with Gasteiger partial charge in [0.2, 0.25) is 21.8 Å². The monoisotopic (exact) mass is 530 g/mol. The lowest BCUT2D eigenvalue weighted by atomic mass is 10.1. The molecular formula is C22H31ClN4O5S2. The number of halogens is 1. The molecule has 0 unspecified atom stereocenters. The molecule has 3 saturated heterocycles. The van der Waals surface area contributed by atoms with Crippen LogP contribution in [0.15, 0.2) is 17.5 Å². The Hall–Kier alpha value is -1.50. The molecule has 0 saturated carbocycles. The normalized spacial score (nSPS) is 24.9. The van der Waals surface area contributed by atoms with E-state index in [1.807, 2.05) is 4.90 Å². The molecule has 188 valence electrons. The van der Waals surface area contributed by atoms with Crippen molar-refractivity contribution in [2.45, 2.75) is 37.8 Å². The van der Waals surface area contributed by atoms with Crippen LogP contribution in [0.25, 0.3) is 6.08 Å².